The highest BCUT2D eigenvalue weighted by atomic mass is 35.5. The fraction of sp³-hybridized carbons (Fsp3) is 0.294. The molecule has 4 heteroatoms. The molecule has 2 nitrogen and oxygen atoms in total. The minimum absolute atomic E-state index is 0.0577. The lowest BCUT2D eigenvalue weighted by atomic mass is 9.91. The summed E-state index contributed by atoms with van der Waals surface area (Å²) in [6, 6.07) is 10.6. The maximum absolute atomic E-state index is 13.4. The van der Waals surface area contributed by atoms with Gasteiger partial charge in [-0.15, -0.1) is 0 Å². The Morgan fingerprint density at radius 2 is 2.00 bits per heavy atom. The SMILES string of the molecule is CNC1CC(c2ccc(Cl)cc2C)Oc2ccc(F)cc21. The number of fused-ring (bicyclic) bond motifs is 1. The van der Waals surface area contributed by atoms with E-state index in [-0.39, 0.29) is 18.0 Å². The Balaban J connectivity index is 1.98. The second kappa shape index (κ2) is 5.66. The minimum Gasteiger partial charge on any atom is -0.485 e. The van der Waals surface area contributed by atoms with Crippen molar-refractivity contribution in [2.45, 2.75) is 25.5 Å². The minimum atomic E-state index is -0.237. The zero-order valence-corrected chi connectivity index (χ0v) is 12.7. The molecule has 1 aliphatic rings. The number of halogens is 2. The molecule has 2 unspecified atom stereocenters. The molecule has 0 spiro atoms. The number of ether oxygens (including phenoxy) is 1. The lowest BCUT2D eigenvalue weighted by Gasteiger charge is -2.33. The van der Waals surface area contributed by atoms with Crippen LogP contribution in [0.4, 0.5) is 4.39 Å². The molecule has 0 amide bonds. The van der Waals surface area contributed by atoms with Crippen molar-refractivity contribution in [1.29, 1.82) is 0 Å². The first kappa shape index (κ1) is 14.4. The van der Waals surface area contributed by atoms with Crippen LogP contribution in [0.5, 0.6) is 5.75 Å². The van der Waals surface area contributed by atoms with Crippen LogP contribution < -0.4 is 10.1 Å². The van der Waals surface area contributed by atoms with Gasteiger partial charge in [0.25, 0.3) is 0 Å². The van der Waals surface area contributed by atoms with Gasteiger partial charge in [-0.2, -0.15) is 0 Å². The third kappa shape index (κ3) is 2.76. The number of benzene rings is 2. The van der Waals surface area contributed by atoms with Crippen LogP contribution in [0.25, 0.3) is 0 Å². The second-order valence-electron chi connectivity index (χ2n) is 5.37. The highest BCUT2D eigenvalue weighted by molar-refractivity contribution is 6.30. The molecule has 1 heterocycles. The van der Waals surface area contributed by atoms with Gasteiger partial charge in [0.2, 0.25) is 0 Å². The molecule has 2 atom stereocenters. The Hall–Kier alpha value is -1.58. The summed E-state index contributed by atoms with van der Waals surface area (Å²) in [5.74, 6) is 0.500. The molecule has 2 aromatic carbocycles. The van der Waals surface area contributed by atoms with Crippen molar-refractivity contribution < 1.29 is 9.13 Å². The number of hydrogen-bond donors (Lipinski definition) is 1. The largest absolute Gasteiger partial charge is 0.485 e. The van der Waals surface area contributed by atoms with Gasteiger partial charge in [-0.1, -0.05) is 17.7 Å². The van der Waals surface area contributed by atoms with Gasteiger partial charge in [0.15, 0.2) is 0 Å². The van der Waals surface area contributed by atoms with Gasteiger partial charge >= 0.3 is 0 Å². The molecule has 3 rings (SSSR count). The van der Waals surface area contributed by atoms with Crippen molar-refractivity contribution in [3.05, 3.63) is 63.9 Å². The summed E-state index contributed by atoms with van der Waals surface area (Å²) in [5.41, 5.74) is 3.10. The maximum atomic E-state index is 13.4. The molecule has 0 bridgehead atoms. The zero-order valence-electron chi connectivity index (χ0n) is 12.0. The molecule has 2 aromatic rings. The Labute approximate surface area is 128 Å². The molecule has 0 aromatic heterocycles. The number of nitrogens with one attached hydrogen (secondary N) is 1. The Bertz CT molecular complexity index is 674. The summed E-state index contributed by atoms with van der Waals surface area (Å²) >= 11 is 6.02. The van der Waals surface area contributed by atoms with E-state index in [4.69, 9.17) is 16.3 Å². The Kier molecular flexibility index (Phi) is 3.87. The molecule has 1 aliphatic heterocycles. The van der Waals surface area contributed by atoms with E-state index in [1.165, 1.54) is 6.07 Å². The van der Waals surface area contributed by atoms with Gasteiger partial charge < -0.3 is 10.1 Å². The smallest absolute Gasteiger partial charge is 0.126 e. The highest BCUT2D eigenvalue weighted by Crippen LogP contribution is 2.41. The molecule has 0 radical (unpaired) electrons. The number of hydrogen-bond acceptors (Lipinski definition) is 2. The monoisotopic (exact) mass is 305 g/mol. The predicted octanol–water partition coefficient (Wildman–Crippen LogP) is 4.57. The van der Waals surface area contributed by atoms with Crippen molar-refractivity contribution in [3.8, 4) is 5.75 Å². The van der Waals surface area contributed by atoms with Gasteiger partial charge in [-0.05, 0) is 55.4 Å². The first-order chi connectivity index (χ1) is 10.1. The quantitative estimate of drug-likeness (QED) is 0.877. The van der Waals surface area contributed by atoms with E-state index in [9.17, 15) is 4.39 Å². The normalized spacial score (nSPS) is 20.8. The zero-order chi connectivity index (χ0) is 15.0. The van der Waals surface area contributed by atoms with Crippen LogP contribution in [-0.2, 0) is 0 Å². The first-order valence-corrected chi connectivity index (χ1v) is 7.35. The molecular formula is C17H17ClFNO. The van der Waals surface area contributed by atoms with E-state index in [0.717, 1.165) is 33.9 Å². The fourth-order valence-corrected chi connectivity index (χ4v) is 3.13. The number of aryl methyl sites for hydroxylation is 1. The van der Waals surface area contributed by atoms with Crippen molar-refractivity contribution in [2.75, 3.05) is 7.05 Å². The van der Waals surface area contributed by atoms with Crippen LogP contribution in [0.15, 0.2) is 36.4 Å². The topological polar surface area (TPSA) is 21.3 Å². The molecule has 110 valence electrons. The van der Waals surface area contributed by atoms with Crippen LogP contribution >= 0.6 is 11.6 Å². The standard InChI is InChI=1S/C17H17ClFNO/c1-10-7-11(18)3-5-13(10)17-9-15(20-2)14-8-12(19)4-6-16(14)21-17/h3-8,15,17,20H,9H2,1-2H3. The Morgan fingerprint density at radius 3 is 2.71 bits per heavy atom. The molecule has 0 saturated heterocycles. The van der Waals surface area contributed by atoms with Gasteiger partial charge in [-0.25, -0.2) is 4.39 Å². The predicted molar refractivity (Wildman–Crippen MR) is 82.4 cm³/mol. The van der Waals surface area contributed by atoms with Crippen LogP contribution in [0, 0.1) is 12.7 Å². The summed E-state index contributed by atoms with van der Waals surface area (Å²) < 4.78 is 19.5. The van der Waals surface area contributed by atoms with Crippen LogP contribution in [0.3, 0.4) is 0 Å². The molecular weight excluding hydrogens is 289 g/mol. The van der Waals surface area contributed by atoms with E-state index in [1.54, 1.807) is 12.1 Å². The van der Waals surface area contributed by atoms with E-state index < -0.39 is 0 Å². The van der Waals surface area contributed by atoms with E-state index in [1.807, 2.05) is 32.2 Å². The van der Waals surface area contributed by atoms with Crippen molar-refractivity contribution >= 4 is 11.6 Å². The average molecular weight is 306 g/mol. The van der Waals surface area contributed by atoms with E-state index in [0.29, 0.717) is 0 Å². The van der Waals surface area contributed by atoms with E-state index in [2.05, 4.69) is 5.32 Å². The third-order valence-corrected chi connectivity index (χ3v) is 4.23. The van der Waals surface area contributed by atoms with Crippen LogP contribution in [0.2, 0.25) is 5.02 Å². The lowest BCUT2D eigenvalue weighted by molar-refractivity contribution is 0.153. The van der Waals surface area contributed by atoms with Crippen LogP contribution in [-0.4, -0.2) is 7.05 Å². The summed E-state index contributed by atoms with van der Waals surface area (Å²) in [6.07, 6.45) is 0.702. The molecule has 0 fully saturated rings. The third-order valence-electron chi connectivity index (χ3n) is 3.99. The Morgan fingerprint density at radius 1 is 1.19 bits per heavy atom. The van der Waals surface area contributed by atoms with E-state index >= 15 is 0 Å². The lowest BCUT2D eigenvalue weighted by Crippen LogP contribution is -2.27. The van der Waals surface area contributed by atoms with Gasteiger partial charge in [0.1, 0.15) is 17.7 Å². The first-order valence-electron chi connectivity index (χ1n) is 6.98. The van der Waals surface area contributed by atoms with Crippen LogP contribution in [0.1, 0.15) is 35.3 Å². The van der Waals surface area contributed by atoms with Crippen molar-refractivity contribution in [2.24, 2.45) is 0 Å². The molecule has 21 heavy (non-hydrogen) atoms. The van der Waals surface area contributed by atoms with Crippen molar-refractivity contribution in [1.82, 2.24) is 5.32 Å². The van der Waals surface area contributed by atoms with Crippen molar-refractivity contribution in [3.63, 3.8) is 0 Å². The molecule has 0 saturated carbocycles. The summed E-state index contributed by atoms with van der Waals surface area (Å²) in [6.45, 7) is 2.03. The highest BCUT2D eigenvalue weighted by Gasteiger charge is 2.29. The second-order valence-corrected chi connectivity index (χ2v) is 5.80. The van der Waals surface area contributed by atoms with Gasteiger partial charge in [0.05, 0.1) is 0 Å². The molecule has 1 N–H and O–H groups in total. The fourth-order valence-electron chi connectivity index (χ4n) is 2.91. The summed E-state index contributed by atoms with van der Waals surface area (Å²) in [4.78, 5) is 0. The summed E-state index contributed by atoms with van der Waals surface area (Å²) in [5, 5.41) is 3.97. The average Bonchev–Trinajstić information content (AvgIpc) is 2.46. The number of rotatable bonds is 2. The van der Waals surface area contributed by atoms with Gasteiger partial charge in [-0.3, -0.25) is 0 Å². The molecule has 0 aliphatic carbocycles. The summed E-state index contributed by atoms with van der Waals surface area (Å²) in [7, 11) is 1.89. The maximum Gasteiger partial charge on any atom is 0.126 e. The van der Waals surface area contributed by atoms with Gasteiger partial charge in [0, 0.05) is 23.0 Å².